The predicted octanol–water partition coefficient (Wildman–Crippen LogP) is 2.74. The van der Waals surface area contributed by atoms with Crippen molar-refractivity contribution in [3.63, 3.8) is 0 Å². The van der Waals surface area contributed by atoms with Gasteiger partial charge in [0.05, 0.1) is 6.61 Å². The van der Waals surface area contributed by atoms with Gasteiger partial charge in [0, 0.05) is 5.02 Å². The van der Waals surface area contributed by atoms with E-state index in [1.54, 1.807) is 12.1 Å². The van der Waals surface area contributed by atoms with Gasteiger partial charge in [-0.3, -0.25) is 0 Å². The van der Waals surface area contributed by atoms with Gasteiger partial charge in [0.25, 0.3) is 0 Å². The highest BCUT2D eigenvalue weighted by Crippen LogP contribution is 2.35. The number of benzene rings is 2. The predicted molar refractivity (Wildman–Crippen MR) is 106 cm³/mol. The number of thiol groups is 1. The van der Waals surface area contributed by atoms with Crippen molar-refractivity contribution in [1.82, 2.24) is 0 Å². The first-order chi connectivity index (χ1) is 12.9. The van der Waals surface area contributed by atoms with Crippen molar-refractivity contribution in [2.45, 2.75) is 43.2 Å². The lowest BCUT2D eigenvalue weighted by Gasteiger charge is -2.39. The van der Waals surface area contributed by atoms with Gasteiger partial charge < -0.3 is 24.8 Å². The van der Waals surface area contributed by atoms with Crippen LogP contribution in [0.4, 0.5) is 0 Å². The first kappa shape index (κ1) is 20.5. The molecule has 1 aliphatic rings. The second-order valence-corrected chi connectivity index (χ2v) is 7.44. The van der Waals surface area contributed by atoms with E-state index in [0.29, 0.717) is 23.6 Å². The van der Waals surface area contributed by atoms with E-state index in [4.69, 9.17) is 21.1 Å². The Kier molecular flexibility index (Phi) is 6.68. The average molecular weight is 411 g/mol. The van der Waals surface area contributed by atoms with Crippen LogP contribution in [0, 0.1) is 0 Å². The van der Waals surface area contributed by atoms with E-state index in [9.17, 15) is 15.3 Å². The van der Waals surface area contributed by atoms with E-state index in [-0.39, 0.29) is 0 Å². The van der Waals surface area contributed by atoms with Crippen molar-refractivity contribution in [3.05, 3.63) is 64.2 Å². The minimum absolute atomic E-state index is 0.595. The fourth-order valence-corrected chi connectivity index (χ4v) is 3.63. The third-order valence-corrected chi connectivity index (χ3v) is 5.41. The van der Waals surface area contributed by atoms with Crippen LogP contribution < -0.4 is 4.74 Å². The number of halogens is 1. The van der Waals surface area contributed by atoms with Crippen molar-refractivity contribution < 1.29 is 24.8 Å². The van der Waals surface area contributed by atoms with Gasteiger partial charge in [0.1, 0.15) is 35.6 Å². The van der Waals surface area contributed by atoms with Crippen molar-refractivity contribution in [1.29, 1.82) is 0 Å². The van der Waals surface area contributed by atoms with E-state index < -0.39 is 29.9 Å². The maximum Gasteiger partial charge on any atom is 0.129 e. The molecule has 0 bridgehead atoms. The van der Waals surface area contributed by atoms with E-state index >= 15 is 0 Å². The highest BCUT2D eigenvalue weighted by Gasteiger charge is 2.42. The zero-order valence-corrected chi connectivity index (χ0v) is 16.5. The molecule has 2 aromatic carbocycles. The van der Waals surface area contributed by atoms with Gasteiger partial charge in [0.15, 0.2) is 0 Å². The highest BCUT2D eigenvalue weighted by atomic mass is 35.5. The number of rotatable bonds is 5. The Bertz CT molecular complexity index is 769. The maximum absolute atomic E-state index is 10.3. The van der Waals surface area contributed by atoms with Crippen LogP contribution in [0.15, 0.2) is 42.5 Å². The number of ether oxygens (including phenoxy) is 2. The van der Waals surface area contributed by atoms with Crippen molar-refractivity contribution in [3.8, 4) is 5.75 Å². The zero-order valence-electron chi connectivity index (χ0n) is 14.8. The van der Waals surface area contributed by atoms with Gasteiger partial charge in [-0.15, -0.1) is 12.6 Å². The van der Waals surface area contributed by atoms with E-state index in [0.717, 1.165) is 16.9 Å². The summed E-state index contributed by atoms with van der Waals surface area (Å²) in [4.78, 5) is 0. The number of aliphatic hydroxyl groups excluding tert-OH is 3. The molecule has 1 saturated heterocycles. The second kappa shape index (κ2) is 8.82. The normalized spacial score (nSPS) is 28.1. The minimum Gasteiger partial charge on any atom is -0.494 e. The summed E-state index contributed by atoms with van der Waals surface area (Å²) in [7, 11) is 0. The fourth-order valence-electron chi connectivity index (χ4n) is 3.13. The Balaban J connectivity index is 1.82. The van der Waals surface area contributed by atoms with Gasteiger partial charge >= 0.3 is 0 Å². The number of hydrogen-bond acceptors (Lipinski definition) is 6. The smallest absolute Gasteiger partial charge is 0.129 e. The molecule has 146 valence electrons. The molecule has 1 fully saturated rings. The van der Waals surface area contributed by atoms with Crippen LogP contribution in [0.3, 0.4) is 0 Å². The summed E-state index contributed by atoms with van der Waals surface area (Å²) in [6, 6.07) is 13.1. The number of hydrogen-bond donors (Lipinski definition) is 4. The van der Waals surface area contributed by atoms with Gasteiger partial charge in [-0.1, -0.05) is 35.9 Å². The van der Waals surface area contributed by atoms with E-state index in [1.165, 1.54) is 0 Å². The molecule has 0 saturated carbocycles. The summed E-state index contributed by atoms with van der Waals surface area (Å²) in [5, 5.41) is 30.7. The Labute approximate surface area is 168 Å². The summed E-state index contributed by atoms with van der Waals surface area (Å²) in [5.74, 6) is 0.812. The molecule has 0 aromatic heterocycles. The molecular weight excluding hydrogens is 388 g/mol. The molecule has 3 N–H and O–H groups in total. The monoisotopic (exact) mass is 410 g/mol. The minimum atomic E-state index is -1.34. The average Bonchev–Trinajstić information content (AvgIpc) is 2.66. The summed E-state index contributed by atoms with van der Waals surface area (Å²) in [6.45, 7) is 2.55. The third kappa shape index (κ3) is 4.59. The molecule has 5 atom stereocenters. The molecule has 7 heteroatoms. The summed E-state index contributed by atoms with van der Waals surface area (Å²) in [6.07, 6.45) is -4.06. The van der Waals surface area contributed by atoms with Crippen LogP contribution in [-0.4, -0.2) is 45.7 Å². The van der Waals surface area contributed by atoms with Crippen LogP contribution in [-0.2, 0) is 11.2 Å². The second-order valence-electron chi connectivity index (χ2n) is 6.52. The molecule has 0 amide bonds. The van der Waals surface area contributed by atoms with Gasteiger partial charge in [-0.2, -0.15) is 0 Å². The molecule has 0 radical (unpaired) electrons. The lowest BCUT2D eigenvalue weighted by atomic mass is 9.92. The molecule has 27 heavy (non-hydrogen) atoms. The topological polar surface area (TPSA) is 79.2 Å². The van der Waals surface area contributed by atoms with Gasteiger partial charge in [-0.05, 0) is 48.2 Å². The molecular formula is C20H23ClO5S. The van der Waals surface area contributed by atoms with Crippen LogP contribution in [0.5, 0.6) is 5.75 Å². The molecule has 2 aromatic rings. The lowest BCUT2D eigenvalue weighted by molar-refractivity contribution is -0.199. The third-order valence-electron chi connectivity index (χ3n) is 4.62. The Morgan fingerprint density at radius 2 is 1.74 bits per heavy atom. The van der Waals surface area contributed by atoms with Crippen LogP contribution in [0.25, 0.3) is 0 Å². The SMILES string of the molecule is CCOc1ccc(Cc2cc(C3O[C@H](S)[C@@H](O)[C@H](O)[C@H]3O)ccc2Cl)cc1. The fraction of sp³-hybridized carbons (Fsp3) is 0.400. The quantitative estimate of drug-likeness (QED) is 0.570. The standard InChI is InChI=1S/C20H23ClO5S/c1-2-25-14-6-3-11(4-7-14)9-13-10-12(5-8-15(13)21)19-17(23)16(22)18(24)20(27)26-19/h3-8,10,16-20,22-24,27H,2,9H2,1H3/t16-,17-,18+,19?,20-/m1/s1. The first-order valence-electron chi connectivity index (χ1n) is 8.78. The maximum atomic E-state index is 10.3. The van der Waals surface area contributed by atoms with Crippen LogP contribution >= 0.6 is 24.2 Å². The molecule has 0 aliphatic carbocycles. The van der Waals surface area contributed by atoms with E-state index in [2.05, 4.69) is 12.6 Å². The van der Waals surface area contributed by atoms with Crippen molar-refractivity contribution >= 4 is 24.2 Å². The Morgan fingerprint density at radius 3 is 2.41 bits per heavy atom. The highest BCUT2D eigenvalue weighted by molar-refractivity contribution is 7.80. The van der Waals surface area contributed by atoms with Crippen molar-refractivity contribution in [2.75, 3.05) is 6.61 Å². The Morgan fingerprint density at radius 1 is 1.04 bits per heavy atom. The zero-order chi connectivity index (χ0) is 19.6. The van der Waals surface area contributed by atoms with Gasteiger partial charge in [0.2, 0.25) is 0 Å². The molecule has 1 unspecified atom stereocenters. The molecule has 3 rings (SSSR count). The van der Waals surface area contributed by atoms with E-state index in [1.807, 2.05) is 37.3 Å². The Hall–Kier alpha value is -1.28. The largest absolute Gasteiger partial charge is 0.494 e. The summed E-state index contributed by atoms with van der Waals surface area (Å²) >= 11 is 10.5. The summed E-state index contributed by atoms with van der Waals surface area (Å²) in [5.41, 5.74) is 1.70. The number of aliphatic hydroxyl groups is 3. The van der Waals surface area contributed by atoms with Gasteiger partial charge in [-0.25, -0.2) is 0 Å². The van der Waals surface area contributed by atoms with Crippen LogP contribution in [0.2, 0.25) is 5.02 Å². The van der Waals surface area contributed by atoms with Crippen LogP contribution in [0.1, 0.15) is 29.7 Å². The first-order valence-corrected chi connectivity index (χ1v) is 9.68. The molecule has 1 heterocycles. The summed E-state index contributed by atoms with van der Waals surface area (Å²) < 4.78 is 11.1. The lowest BCUT2D eigenvalue weighted by Crippen LogP contribution is -2.52. The molecule has 0 spiro atoms. The molecule has 1 aliphatic heterocycles. The molecule has 5 nitrogen and oxygen atoms in total. The van der Waals surface area contributed by atoms with Crippen molar-refractivity contribution in [2.24, 2.45) is 0 Å².